The summed E-state index contributed by atoms with van der Waals surface area (Å²) in [7, 11) is 0. The summed E-state index contributed by atoms with van der Waals surface area (Å²) in [5, 5.41) is 0. The third-order valence-corrected chi connectivity index (χ3v) is 1.42. The lowest BCUT2D eigenvalue weighted by atomic mass is 10.0. The fourth-order valence-electron chi connectivity index (χ4n) is 0.707. The molecule has 0 aliphatic carbocycles. The lowest BCUT2D eigenvalue weighted by Gasteiger charge is -2.11. The first-order valence-electron chi connectivity index (χ1n) is 3.96. The lowest BCUT2D eigenvalue weighted by Crippen LogP contribution is -2.42. The predicted octanol–water partition coefficient (Wildman–Crippen LogP) is 0.102. The van der Waals surface area contributed by atoms with Crippen molar-refractivity contribution in [3.63, 3.8) is 0 Å². The Bertz CT molecular complexity index is 177. The summed E-state index contributed by atoms with van der Waals surface area (Å²) < 4.78 is 4.59. The van der Waals surface area contributed by atoms with E-state index < -0.39 is 12.0 Å². The van der Waals surface area contributed by atoms with Crippen molar-refractivity contribution in [3.05, 3.63) is 0 Å². The maximum absolute atomic E-state index is 11.1. The van der Waals surface area contributed by atoms with Gasteiger partial charge in [0, 0.05) is 5.92 Å². The monoisotopic (exact) mass is 173 g/mol. The van der Waals surface area contributed by atoms with Gasteiger partial charge in [0.2, 0.25) is 0 Å². The largest absolute Gasteiger partial charge is 0.464 e. The van der Waals surface area contributed by atoms with Crippen molar-refractivity contribution in [2.75, 3.05) is 6.61 Å². The molecule has 0 rings (SSSR count). The van der Waals surface area contributed by atoms with Crippen molar-refractivity contribution in [1.29, 1.82) is 0 Å². The van der Waals surface area contributed by atoms with Crippen molar-refractivity contribution in [1.82, 2.24) is 0 Å². The third kappa shape index (κ3) is 3.00. The Morgan fingerprint density at radius 3 is 2.25 bits per heavy atom. The number of nitrogens with two attached hydrogens (primary N) is 1. The van der Waals surface area contributed by atoms with E-state index in [1.54, 1.807) is 20.8 Å². The van der Waals surface area contributed by atoms with Crippen molar-refractivity contribution in [2.45, 2.75) is 26.8 Å². The predicted molar refractivity (Wildman–Crippen MR) is 44.5 cm³/mol. The molecule has 0 fully saturated rings. The van der Waals surface area contributed by atoms with Crippen LogP contribution >= 0.6 is 0 Å². The summed E-state index contributed by atoms with van der Waals surface area (Å²) in [5.41, 5.74) is 5.32. The maximum atomic E-state index is 11.1. The molecule has 0 aromatic rings. The second-order valence-electron chi connectivity index (χ2n) is 2.79. The first-order valence-corrected chi connectivity index (χ1v) is 3.96. The van der Waals surface area contributed by atoms with Gasteiger partial charge in [0.1, 0.15) is 0 Å². The standard InChI is InChI=1S/C8H15NO3/c1-4-12-8(11)6(9)7(10)5(2)3/h5-6H,4,9H2,1-3H3/t6-/m0/s1. The van der Waals surface area contributed by atoms with Crippen LogP contribution in [0.2, 0.25) is 0 Å². The highest BCUT2D eigenvalue weighted by molar-refractivity contribution is 6.03. The highest BCUT2D eigenvalue weighted by Crippen LogP contribution is 1.99. The molecule has 0 aromatic carbocycles. The number of carbonyl (C=O) groups excluding carboxylic acids is 2. The molecule has 0 saturated carbocycles. The lowest BCUT2D eigenvalue weighted by molar-refractivity contribution is -0.148. The van der Waals surface area contributed by atoms with E-state index in [0.717, 1.165) is 0 Å². The number of hydrogen-bond donors (Lipinski definition) is 1. The number of ketones is 1. The number of hydrogen-bond acceptors (Lipinski definition) is 4. The number of rotatable bonds is 4. The van der Waals surface area contributed by atoms with E-state index >= 15 is 0 Å². The van der Waals surface area contributed by atoms with Crippen molar-refractivity contribution in [2.24, 2.45) is 11.7 Å². The second-order valence-corrected chi connectivity index (χ2v) is 2.79. The Hall–Kier alpha value is -0.900. The van der Waals surface area contributed by atoms with Gasteiger partial charge in [0.15, 0.2) is 11.8 Å². The van der Waals surface area contributed by atoms with Crippen LogP contribution in [0.25, 0.3) is 0 Å². The Labute approximate surface area is 72.1 Å². The van der Waals surface area contributed by atoms with Crippen LogP contribution in [0.4, 0.5) is 0 Å². The van der Waals surface area contributed by atoms with E-state index in [4.69, 9.17) is 5.73 Å². The molecule has 0 unspecified atom stereocenters. The van der Waals surface area contributed by atoms with Crippen LogP contribution in [-0.4, -0.2) is 24.4 Å². The molecule has 0 aromatic heterocycles. The first-order chi connectivity index (χ1) is 5.50. The van der Waals surface area contributed by atoms with Gasteiger partial charge in [-0.05, 0) is 6.92 Å². The average Bonchev–Trinajstić information content (AvgIpc) is 2.02. The molecule has 0 amide bonds. The number of carbonyl (C=O) groups is 2. The van der Waals surface area contributed by atoms with Gasteiger partial charge >= 0.3 is 5.97 Å². The Balaban J connectivity index is 4.10. The van der Waals surface area contributed by atoms with Crippen LogP contribution in [-0.2, 0) is 14.3 Å². The van der Waals surface area contributed by atoms with Crippen LogP contribution in [0, 0.1) is 5.92 Å². The van der Waals surface area contributed by atoms with Crippen molar-refractivity contribution in [3.8, 4) is 0 Å². The number of ether oxygens (including phenoxy) is 1. The van der Waals surface area contributed by atoms with Crippen molar-refractivity contribution >= 4 is 11.8 Å². The third-order valence-electron chi connectivity index (χ3n) is 1.42. The van der Waals surface area contributed by atoms with Gasteiger partial charge in [0.25, 0.3) is 0 Å². The molecule has 0 spiro atoms. The number of Topliss-reactive ketones (excluding diaryl/α,β-unsaturated/α-hetero) is 1. The summed E-state index contributed by atoms with van der Waals surface area (Å²) in [6, 6.07) is -1.12. The molecular formula is C8H15NO3. The fourth-order valence-corrected chi connectivity index (χ4v) is 0.707. The van der Waals surface area contributed by atoms with Gasteiger partial charge in [-0.3, -0.25) is 4.79 Å². The van der Waals surface area contributed by atoms with Crippen LogP contribution in [0.5, 0.6) is 0 Å². The second kappa shape index (κ2) is 4.87. The molecule has 2 N–H and O–H groups in total. The number of esters is 1. The molecule has 70 valence electrons. The van der Waals surface area contributed by atoms with E-state index in [9.17, 15) is 9.59 Å². The molecule has 12 heavy (non-hydrogen) atoms. The molecule has 0 bridgehead atoms. The first kappa shape index (κ1) is 11.1. The van der Waals surface area contributed by atoms with Crippen molar-refractivity contribution < 1.29 is 14.3 Å². The van der Waals surface area contributed by atoms with Gasteiger partial charge in [-0.2, -0.15) is 0 Å². The van der Waals surface area contributed by atoms with E-state index in [1.807, 2.05) is 0 Å². The summed E-state index contributed by atoms with van der Waals surface area (Å²) in [4.78, 5) is 22.1. The molecular weight excluding hydrogens is 158 g/mol. The molecule has 4 nitrogen and oxygen atoms in total. The summed E-state index contributed by atoms with van der Waals surface area (Å²) >= 11 is 0. The summed E-state index contributed by atoms with van der Waals surface area (Å²) in [5.74, 6) is -1.16. The van der Waals surface area contributed by atoms with Crippen LogP contribution < -0.4 is 5.73 Å². The summed E-state index contributed by atoms with van der Waals surface area (Å²) in [6.45, 7) is 5.31. The van der Waals surface area contributed by atoms with Crippen LogP contribution in [0.3, 0.4) is 0 Å². The molecule has 4 heteroatoms. The molecule has 0 heterocycles. The topological polar surface area (TPSA) is 69.4 Å². The molecule has 0 saturated heterocycles. The molecule has 0 aliphatic rings. The zero-order valence-corrected chi connectivity index (χ0v) is 7.66. The normalized spacial score (nSPS) is 12.8. The maximum Gasteiger partial charge on any atom is 0.330 e. The van der Waals surface area contributed by atoms with Gasteiger partial charge in [-0.15, -0.1) is 0 Å². The minimum absolute atomic E-state index is 0.232. The molecule has 0 aliphatic heterocycles. The van der Waals surface area contributed by atoms with Gasteiger partial charge in [0.05, 0.1) is 6.61 Å². The molecule has 1 atom stereocenters. The minimum atomic E-state index is -1.12. The van der Waals surface area contributed by atoms with Crippen LogP contribution in [0.1, 0.15) is 20.8 Å². The van der Waals surface area contributed by atoms with E-state index in [2.05, 4.69) is 4.74 Å². The Kier molecular flexibility index (Phi) is 4.51. The smallest absolute Gasteiger partial charge is 0.330 e. The van der Waals surface area contributed by atoms with Gasteiger partial charge in [-0.1, -0.05) is 13.8 Å². The highest BCUT2D eigenvalue weighted by atomic mass is 16.5. The van der Waals surface area contributed by atoms with E-state index in [1.165, 1.54) is 0 Å². The quantitative estimate of drug-likeness (QED) is 0.483. The van der Waals surface area contributed by atoms with E-state index in [0.29, 0.717) is 0 Å². The SMILES string of the molecule is CCOC(=O)[C@@H](N)C(=O)C(C)C. The zero-order valence-electron chi connectivity index (χ0n) is 7.66. The summed E-state index contributed by atoms with van der Waals surface area (Å²) in [6.07, 6.45) is 0. The average molecular weight is 173 g/mol. The van der Waals surface area contributed by atoms with E-state index in [-0.39, 0.29) is 18.3 Å². The van der Waals surface area contributed by atoms with Gasteiger partial charge in [-0.25, -0.2) is 4.79 Å². The van der Waals surface area contributed by atoms with Crippen LogP contribution in [0.15, 0.2) is 0 Å². The highest BCUT2D eigenvalue weighted by Gasteiger charge is 2.25. The van der Waals surface area contributed by atoms with Gasteiger partial charge < -0.3 is 10.5 Å². The fraction of sp³-hybridized carbons (Fsp3) is 0.750. The Morgan fingerprint density at radius 2 is 1.92 bits per heavy atom. The minimum Gasteiger partial charge on any atom is -0.464 e. The zero-order chi connectivity index (χ0) is 9.72. The molecule has 0 radical (unpaired) electrons. The Morgan fingerprint density at radius 1 is 1.42 bits per heavy atom.